The van der Waals surface area contributed by atoms with Crippen LogP contribution in [0.25, 0.3) is 0 Å². The molecule has 0 aromatic heterocycles. The van der Waals surface area contributed by atoms with Gasteiger partial charge in [-0.1, -0.05) is 78.3 Å². The zero-order valence-electron chi connectivity index (χ0n) is 68.9. The zero-order valence-corrected chi connectivity index (χ0v) is 68.9. The van der Waals surface area contributed by atoms with Crippen LogP contribution in [0.3, 0.4) is 0 Å². The Morgan fingerprint density at radius 1 is 0.445 bits per heavy atom. The summed E-state index contributed by atoms with van der Waals surface area (Å²) >= 11 is 0. The highest BCUT2D eigenvalue weighted by molar-refractivity contribution is 6.00. The number of hydrogen-bond acceptors (Lipinski definition) is 23. The fraction of sp³-hybridized carbons (Fsp3) is 0.671. The molecule has 43 nitrogen and oxygen atoms in total. The Morgan fingerprint density at radius 3 is 1.23 bits per heavy atom. The molecule has 15 atom stereocenters. The summed E-state index contributed by atoms with van der Waals surface area (Å²) in [6.07, 6.45) is -1.42. The molecule has 119 heavy (non-hydrogen) atoms. The third kappa shape index (κ3) is 41.2. The Hall–Kier alpha value is -11.2. The quantitative estimate of drug-likeness (QED) is 0.0164. The number of aliphatic hydroxyl groups excluding tert-OH is 1. The average Bonchev–Trinajstić information content (AvgIpc) is 1.47. The highest BCUT2D eigenvalue weighted by Crippen LogP contribution is 2.17. The highest BCUT2D eigenvalue weighted by Gasteiger charge is 2.39. The van der Waals surface area contributed by atoms with Gasteiger partial charge in [-0.3, -0.25) is 86.5 Å². The van der Waals surface area contributed by atoms with Crippen molar-refractivity contribution >= 4 is 113 Å². The van der Waals surface area contributed by atoms with E-state index >= 15 is 0 Å². The number of hydrogen-bond donors (Lipinski definition) is 24. The fourth-order valence-corrected chi connectivity index (χ4v) is 12.2. The summed E-state index contributed by atoms with van der Waals surface area (Å²) in [4.78, 5) is 247. The monoisotopic (exact) mass is 1690 g/mol. The molecule has 1 fully saturated rings. The molecule has 1 saturated heterocycles. The Balaban J connectivity index is 2.47. The van der Waals surface area contributed by atoms with Gasteiger partial charge in [0.1, 0.15) is 78.5 Å². The van der Waals surface area contributed by atoms with E-state index < -0.39 is 249 Å². The summed E-state index contributed by atoms with van der Waals surface area (Å²) < 4.78 is 0. The van der Waals surface area contributed by atoms with E-state index in [4.69, 9.17) is 22.9 Å². The number of rotatable bonds is 59. The molecule has 14 amide bonds. The van der Waals surface area contributed by atoms with Crippen molar-refractivity contribution in [3.63, 3.8) is 0 Å². The van der Waals surface area contributed by atoms with Crippen molar-refractivity contribution in [2.24, 2.45) is 45.7 Å². The van der Waals surface area contributed by atoms with E-state index in [1.54, 1.807) is 71.9 Å². The maximum Gasteiger partial charge on any atom is 0.328 e. The molecule has 43 heteroatoms. The van der Waals surface area contributed by atoms with Gasteiger partial charge in [0.25, 0.3) is 0 Å². The van der Waals surface area contributed by atoms with Gasteiger partial charge in [0.05, 0.1) is 19.2 Å². The van der Waals surface area contributed by atoms with Crippen LogP contribution < -0.4 is 103 Å². The standard InChI is InChI=1S/C76H126N20O23/c1-9-42(6)61(74(117)94-55(37-45-19-11-10-12-20-45)64(107)83-38-57(98)86-50(25-28-58(99)100)69(112)87-47(21-13-15-31-77)66(109)84-43(7)62(105)95-56(39-97)75(118)119)96-63(106)44(8)85-67(110)49(24-18-34-82-76(79)80)89-72(115)53(35-40(2)3)93-73(116)54(36-41(4)5)92-68(111)48(22-14-16-32-78)88-70(113)52(27-30-60(103)104)91-71(114)51(26-29-59(101)102)90-65(108)46-23-17-33-81-46/h10-12,19-20,40-44,46-56,61,81,97H,9,13-18,21-39,77-78H2,1-8H3,(H,83,107)(H,84,109)(H,85,110)(H,86,98)(H,87,112)(H,88,113)(H,89,115)(H,90,108)(H,91,114)(H,92,111)(H,93,116)(H,94,117)(H,95,105)(H,96,106)(H,99,100)(H,101,102)(H,103,104)(H,118,119)(H4,79,80,82)/t42-,43-,44-,46-,47-,48-,49-,50-,51-,52-,53-,54-,55-,56-,61-/m0/s1. The van der Waals surface area contributed by atoms with Crippen molar-refractivity contribution in [1.82, 2.24) is 79.8 Å². The first-order valence-corrected chi connectivity index (χ1v) is 40.1. The molecule has 0 aliphatic carbocycles. The normalized spacial score (nSPS) is 15.9. The van der Waals surface area contributed by atoms with E-state index in [-0.39, 0.29) is 102 Å². The van der Waals surface area contributed by atoms with Crippen LogP contribution in [-0.4, -0.2) is 262 Å². The van der Waals surface area contributed by atoms with Crippen LogP contribution in [0.15, 0.2) is 35.3 Å². The van der Waals surface area contributed by atoms with Crippen LogP contribution in [0.2, 0.25) is 0 Å². The lowest BCUT2D eigenvalue weighted by molar-refractivity contribution is -0.143. The van der Waals surface area contributed by atoms with Gasteiger partial charge in [0.2, 0.25) is 82.7 Å². The predicted octanol–water partition coefficient (Wildman–Crippen LogP) is -5.44. The average molecular weight is 1690 g/mol. The van der Waals surface area contributed by atoms with Gasteiger partial charge < -0.3 is 128 Å². The number of carbonyl (C=O) groups is 18. The van der Waals surface area contributed by atoms with E-state index in [1.807, 2.05) is 0 Å². The predicted molar refractivity (Wildman–Crippen MR) is 430 cm³/mol. The van der Waals surface area contributed by atoms with Crippen LogP contribution in [0, 0.1) is 17.8 Å². The second-order valence-corrected chi connectivity index (χ2v) is 30.2. The Bertz CT molecular complexity index is 3580. The van der Waals surface area contributed by atoms with Gasteiger partial charge in [-0.05, 0) is 153 Å². The summed E-state index contributed by atoms with van der Waals surface area (Å²) in [6, 6.07) is -11.9. The molecule has 1 aromatic carbocycles. The van der Waals surface area contributed by atoms with Crippen molar-refractivity contribution in [3.05, 3.63) is 35.9 Å². The third-order valence-electron chi connectivity index (χ3n) is 19.1. The molecule has 0 unspecified atom stereocenters. The zero-order chi connectivity index (χ0) is 89.6. The number of aliphatic hydroxyl groups is 1. The molecule has 0 saturated carbocycles. The summed E-state index contributed by atoms with van der Waals surface area (Å²) in [5.41, 5.74) is 23.1. The molecule has 0 bridgehead atoms. The number of carboxylic acid groups (broad SMARTS) is 4. The second-order valence-electron chi connectivity index (χ2n) is 30.2. The Labute approximate surface area is 690 Å². The first kappa shape index (κ1) is 104. The first-order valence-electron chi connectivity index (χ1n) is 40.1. The Morgan fingerprint density at radius 2 is 0.832 bits per heavy atom. The van der Waals surface area contributed by atoms with Crippen LogP contribution >= 0.6 is 0 Å². The van der Waals surface area contributed by atoms with E-state index in [1.165, 1.54) is 13.8 Å². The molecule has 0 spiro atoms. The van der Waals surface area contributed by atoms with Crippen molar-refractivity contribution in [2.45, 2.75) is 268 Å². The van der Waals surface area contributed by atoms with E-state index in [9.17, 15) is 112 Å². The molecule has 0 radical (unpaired) electrons. The number of benzene rings is 1. The van der Waals surface area contributed by atoms with Crippen LogP contribution in [0.4, 0.5) is 0 Å². The number of nitrogens with two attached hydrogens (primary N) is 4. The SMILES string of the molecule is CC[C@H](C)[C@H](NC(=O)[C@H](C)NC(=O)[C@H](CCCN=C(N)N)NC(=O)[C@H](CC(C)C)NC(=O)[C@H](CC(C)C)NC(=O)[C@H](CCCCN)NC(=O)[C@H](CCC(=O)O)NC(=O)[C@H](CCC(=O)O)NC(=O)[C@@H]1CCCN1)C(=O)N[C@@H](Cc1ccccc1)C(=O)NCC(=O)N[C@@H](CCC(=O)O)C(=O)N[C@@H](CCCCN)C(=O)N[C@@H](C)C(=O)N[C@@H](CO)C(=O)O. The molecule has 1 heterocycles. The molecule has 28 N–H and O–H groups in total. The number of nitrogens with zero attached hydrogens (tertiary/aromatic N) is 1. The van der Waals surface area contributed by atoms with Gasteiger partial charge in [0, 0.05) is 32.2 Å². The number of carbonyl (C=O) groups excluding carboxylic acids is 14. The van der Waals surface area contributed by atoms with Crippen molar-refractivity contribution in [2.75, 3.05) is 39.3 Å². The smallest absolute Gasteiger partial charge is 0.328 e. The van der Waals surface area contributed by atoms with Gasteiger partial charge in [-0.2, -0.15) is 0 Å². The van der Waals surface area contributed by atoms with E-state index in [2.05, 4.69) is 84.7 Å². The molecule has 1 aliphatic rings. The number of nitrogens with one attached hydrogen (secondary N) is 15. The molecular weight excluding hydrogens is 1560 g/mol. The molecule has 668 valence electrons. The summed E-state index contributed by atoms with van der Waals surface area (Å²) in [6.45, 7) is 11.7. The number of aliphatic imine (C=N–C) groups is 1. The number of unbranched alkanes of at least 4 members (excludes halogenated alkanes) is 2. The van der Waals surface area contributed by atoms with Crippen molar-refractivity contribution < 1.29 is 112 Å². The first-order chi connectivity index (χ1) is 56.1. The maximum absolute atomic E-state index is 14.6. The van der Waals surface area contributed by atoms with Gasteiger partial charge >= 0.3 is 23.9 Å². The minimum absolute atomic E-state index is 0.0452. The Kier molecular flexibility index (Phi) is 48.4. The largest absolute Gasteiger partial charge is 0.481 e. The minimum Gasteiger partial charge on any atom is -0.481 e. The van der Waals surface area contributed by atoms with E-state index in [0.29, 0.717) is 37.8 Å². The van der Waals surface area contributed by atoms with E-state index in [0.717, 1.165) is 0 Å². The van der Waals surface area contributed by atoms with Crippen molar-refractivity contribution in [1.29, 1.82) is 0 Å². The number of carboxylic acids is 4. The van der Waals surface area contributed by atoms with Gasteiger partial charge in [-0.15, -0.1) is 0 Å². The molecule has 1 aromatic rings. The van der Waals surface area contributed by atoms with Crippen molar-refractivity contribution in [3.8, 4) is 0 Å². The lowest BCUT2D eigenvalue weighted by Gasteiger charge is -2.29. The molecule has 2 rings (SSSR count). The minimum atomic E-state index is -1.70. The molecular formula is C76H126N20O23. The van der Waals surface area contributed by atoms with Crippen LogP contribution in [0.5, 0.6) is 0 Å². The third-order valence-corrected chi connectivity index (χ3v) is 19.1. The lowest BCUT2D eigenvalue weighted by Crippen LogP contribution is -2.61. The second kappa shape index (κ2) is 55.5. The topological polar surface area (TPSA) is 705 Å². The van der Waals surface area contributed by atoms with Crippen LogP contribution in [0.1, 0.15) is 183 Å². The van der Waals surface area contributed by atoms with Gasteiger partial charge in [-0.25, -0.2) is 4.79 Å². The number of guanidine groups is 1. The lowest BCUT2D eigenvalue weighted by atomic mass is 9.96. The summed E-state index contributed by atoms with van der Waals surface area (Å²) in [5, 5.41) is 85.3. The van der Waals surface area contributed by atoms with Crippen LogP contribution in [-0.2, 0) is 92.7 Å². The highest BCUT2D eigenvalue weighted by atomic mass is 16.4. The maximum atomic E-state index is 14.6. The number of amides is 14. The van der Waals surface area contributed by atoms with Gasteiger partial charge in [0.15, 0.2) is 5.96 Å². The summed E-state index contributed by atoms with van der Waals surface area (Å²) in [5.74, 6) is -20.3. The molecule has 1 aliphatic heterocycles. The number of aliphatic carboxylic acids is 4. The summed E-state index contributed by atoms with van der Waals surface area (Å²) in [7, 11) is 0. The fourth-order valence-electron chi connectivity index (χ4n) is 12.2.